The highest BCUT2D eigenvalue weighted by Gasteiger charge is 2.25. The van der Waals surface area contributed by atoms with Gasteiger partial charge in [0.25, 0.3) is 0 Å². The molecule has 0 saturated carbocycles. The first-order valence-corrected chi connectivity index (χ1v) is 6.74. The largest absolute Gasteiger partial charge is 0.383 e. The number of ether oxygens (including phenoxy) is 1. The van der Waals surface area contributed by atoms with Gasteiger partial charge in [-0.25, -0.2) is 0 Å². The van der Waals surface area contributed by atoms with Crippen LogP contribution in [0.15, 0.2) is 0 Å². The lowest BCUT2D eigenvalue weighted by molar-refractivity contribution is -0.123. The predicted octanol–water partition coefficient (Wildman–Crippen LogP) is 0.0673. The number of piperidine rings is 1. The van der Waals surface area contributed by atoms with Crippen LogP contribution >= 0.6 is 0 Å². The molecule has 1 aliphatic rings. The summed E-state index contributed by atoms with van der Waals surface area (Å²) in [5.74, 6) is 0.683. The molecule has 1 heterocycles. The molecule has 0 aromatic carbocycles. The Labute approximate surface area is 110 Å². The maximum absolute atomic E-state index is 11.8. The fraction of sp³-hybridized carbons (Fsp3) is 0.923. The summed E-state index contributed by atoms with van der Waals surface area (Å²) in [5.41, 5.74) is 0. The van der Waals surface area contributed by atoms with Crippen molar-refractivity contribution in [2.24, 2.45) is 5.92 Å². The van der Waals surface area contributed by atoms with Crippen molar-refractivity contribution in [1.29, 1.82) is 0 Å². The first-order valence-electron chi connectivity index (χ1n) is 6.74. The van der Waals surface area contributed by atoms with Crippen molar-refractivity contribution in [3.05, 3.63) is 0 Å². The molecule has 0 bridgehead atoms. The Morgan fingerprint density at radius 1 is 1.56 bits per heavy atom. The molecule has 2 N–H and O–H groups in total. The van der Waals surface area contributed by atoms with Gasteiger partial charge >= 0.3 is 0 Å². The normalized spacial score (nSPS) is 26.9. The van der Waals surface area contributed by atoms with Crippen molar-refractivity contribution in [2.75, 3.05) is 40.4 Å². The van der Waals surface area contributed by atoms with Gasteiger partial charge in [-0.05, 0) is 26.3 Å². The minimum absolute atomic E-state index is 0.0785. The summed E-state index contributed by atoms with van der Waals surface area (Å²) in [5, 5.41) is 6.28. The Morgan fingerprint density at radius 3 is 2.83 bits per heavy atom. The Hall–Kier alpha value is -0.650. The number of likely N-dealkylation sites (tertiary alicyclic amines) is 1. The summed E-state index contributed by atoms with van der Waals surface area (Å²) in [7, 11) is 3.66. The van der Waals surface area contributed by atoms with Gasteiger partial charge in [-0.2, -0.15) is 0 Å². The summed E-state index contributed by atoms with van der Waals surface area (Å²) < 4.78 is 5.00. The lowest BCUT2D eigenvalue weighted by Crippen LogP contribution is -2.50. The van der Waals surface area contributed by atoms with E-state index in [1.54, 1.807) is 7.11 Å². The summed E-state index contributed by atoms with van der Waals surface area (Å²) in [6, 6.07) is 0.659. The molecular formula is C13H27N3O2. The van der Waals surface area contributed by atoms with Gasteiger partial charge in [0.2, 0.25) is 5.91 Å². The molecule has 0 aliphatic carbocycles. The van der Waals surface area contributed by atoms with Crippen LogP contribution in [0.4, 0.5) is 0 Å². The Bertz CT molecular complexity index is 261. The third kappa shape index (κ3) is 4.92. The average molecular weight is 257 g/mol. The van der Waals surface area contributed by atoms with E-state index in [9.17, 15) is 4.79 Å². The van der Waals surface area contributed by atoms with Crippen LogP contribution in [0.5, 0.6) is 0 Å². The van der Waals surface area contributed by atoms with Crippen LogP contribution in [0.3, 0.4) is 0 Å². The molecule has 1 rings (SSSR count). The van der Waals surface area contributed by atoms with Crippen LogP contribution in [0.1, 0.15) is 20.3 Å². The van der Waals surface area contributed by atoms with Crippen LogP contribution in [-0.4, -0.2) is 63.3 Å². The zero-order valence-corrected chi connectivity index (χ0v) is 12.0. The molecule has 0 aromatic rings. The third-order valence-corrected chi connectivity index (χ3v) is 3.55. The Morgan fingerprint density at radius 2 is 2.28 bits per heavy atom. The molecule has 1 amide bonds. The highest BCUT2D eigenvalue weighted by atomic mass is 16.5. The van der Waals surface area contributed by atoms with Crippen LogP contribution in [0.2, 0.25) is 0 Å². The number of hydrogen-bond donors (Lipinski definition) is 2. The molecule has 18 heavy (non-hydrogen) atoms. The van der Waals surface area contributed by atoms with E-state index in [0.29, 0.717) is 25.1 Å². The minimum atomic E-state index is 0.0785. The Kier molecular flexibility index (Phi) is 6.60. The number of carbonyl (C=O) groups is 1. The Balaban J connectivity index is 2.29. The van der Waals surface area contributed by atoms with Gasteiger partial charge in [0, 0.05) is 32.3 Å². The van der Waals surface area contributed by atoms with Crippen molar-refractivity contribution in [2.45, 2.75) is 32.4 Å². The number of nitrogens with one attached hydrogen (secondary N) is 2. The fourth-order valence-electron chi connectivity index (χ4n) is 2.62. The first kappa shape index (κ1) is 15.4. The molecule has 1 fully saturated rings. The van der Waals surface area contributed by atoms with Crippen molar-refractivity contribution in [3.8, 4) is 0 Å². The van der Waals surface area contributed by atoms with E-state index >= 15 is 0 Å². The molecule has 0 aromatic heterocycles. The van der Waals surface area contributed by atoms with E-state index in [1.165, 1.54) is 0 Å². The molecule has 5 heteroatoms. The highest BCUT2D eigenvalue weighted by Crippen LogP contribution is 2.15. The molecule has 3 atom stereocenters. The molecule has 0 radical (unpaired) electrons. The monoisotopic (exact) mass is 257 g/mol. The minimum Gasteiger partial charge on any atom is -0.383 e. The predicted molar refractivity (Wildman–Crippen MR) is 72.5 cm³/mol. The van der Waals surface area contributed by atoms with Crippen LogP contribution in [0.25, 0.3) is 0 Å². The van der Waals surface area contributed by atoms with Gasteiger partial charge in [-0.3, -0.25) is 9.69 Å². The molecule has 5 nitrogen and oxygen atoms in total. The maximum atomic E-state index is 11.8. The third-order valence-electron chi connectivity index (χ3n) is 3.55. The maximum Gasteiger partial charge on any atom is 0.234 e. The highest BCUT2D eigenvalue weighted by molar-refractivity contribution is 5.78. The molecule has 1 saturated heterocycles. The van der Waals surface area contributed by atoms with E-state index < -0.39 is 0 Å². The second kappa shape index (κ2) is 7.71. The summed E-state index contributed by atoms with van der Waals surface area (Å²) in [4.78, 5) is 14.1. The van der Waals surface area contributed by atoms with E-state index in [4.69, 9.17) is 4.74 Å². The first-order chi connectivity index (χ1) is 8.56. The van der Waals surface area contributed by atoms with E-state index in [2.05, 4.69) is 22.5 Å². The average Bonchev–Trinajstić information content (AvgIpc) is 2.29. The molecule has 3 unspecified atom stereocenters. The van der Waals surface area contributed by atoms with Gasteiger partial charge in [-0.1, -0.05) is 6.92 Å². The smallest absolute Gasteiger partial charge is 0.234 e. The zero-order chi connectivity index (χ0) is 13.5. The second-order valence-corrected chi connectivity index (χ2v) is 5.32. The summed E-state index contributed by atoms with van der Waals surface area (Å²) in [6.07, 6.45) is 1.11. The zero-order valence-electron chi connectivity index (χ0n) is 12.0. The number of hydrogen-bond acceptors (Lipinski definition) is 4. The van der Waals surface area contributed by atoms with E-state index in [1.807, 2.05) is 14.0 Å². The van der Waals surface area contributed by atoms with Gasteiger partial charge in [-0.15, -0.1) is 0 Å². The van der Waals surface area contributed by atoms with Crippen molar-refractivity contribution in [3.63, 3.8) is 0 Å². The lowest BCUT2D eigenvalue weighted by atomic mass is 9.94. The van der Waals surface area contributed by atoms with Crippen molar-refractivity contribution < 1.29 is 9.53 Å². The SMILES string of the molecule is CNC1CCN(CC(=O)NC(C)COC)CC1C. The summed E-state index contributed by atoms with van der Waals surface area (Å²) >= 11 is 0. The van der Waals surface area contributed by atoms with Crippen LogP contribution in [-0.2, 0) is 9.53 Å². The number of amides is 1. The number of rotatable bonds is 6. The number of nitrogens with zero attached hydrogens (tertiary/aromatic N) is 1. The second-order valence-electron chi connectivity index (χ2n) is 5.32. The van der Waals surface area contributed by atoms with Crippen molar-refractivity contribution >= 4 is 5.91 Å². The van der Waals surface area contributed by atoms with Crippen LogP contribution < -0.4 is 10.6 Å². The van der Waals surface area contributed by atoms with Gasteiger partial charge in [0.15, 0.2) is 0 Å². The molecule has 106 valence electrons. The molecular weight excluding hydrogens is 230 g/mol. The lowest BCUT2D eigenvalue weighted by Gasteiger charge is -2.36. The number of carbonyl (C=O) groups excluding carboxylic acids is 1. The van der Waals surface area contributed by atoms with E-state index in [0.717, 1.165) is 19.5 Å². The van der Waals surface area contributed by atoms with E-state index in [-0.39, 0.29) is 11.9 Å². The van der Waals surface area contributed by atoms with Crippen molar-refractivity contribution in [1.82, 2.24) is 15.5 Å². The van der Waals surface area contributed by atoms with Gasteiger partial charge in [0.05, 0.1) is 13.2 Å². The van der Waals surface area contributed by atoms with Gasteiger partial charge in [0.1, 0.15) is 0 Å². The van der Waals surface area contributed by atoms with Crippen LogP contribution in [0, 0.1) is 5.92 Å². The fourth-order valence-corrected chi connectivity index (χ4v) is 2.62. The molecule has 1 aliphatic heterocycles. The number of methoxy groups -OCH3 is 1. The molecule has 0 spiro atoms. The standard InChI is InChI=1S/C13H27N3O2/c1-10-7-16(6-5-12(10)14-3)8-13(17)15-11(2)9-18-4/h10-12,14H,5-9H2,1-4H3,(H,15,17). The quantitative estimate of drug-likeness (QED) is 0.707. The topological polar surface area (TPSA) is 53.6 Å². The van der Waals surface area contributed by atoms with Gasteiger partial charge < -0.3 is 15.4 Å². The summed E-state index contributed by atoms with van der Waals surface area (Å²) in [6.45, 7) is 7.22.